The number of hydrogen-bond donors (Lipinski definition) is 0. The van der Waals surface area contributed by atoms with Gasteiger partial charge in [-0.1, -0.05) is 42.5 Å². The fourth-order valence-corrected chi connectivity index (χ4v) is 1.74. The summed E-state index contributed by atoms with van der Waals surface area (Å²) in [4.78, 5) is 11.7. The molecule has 2 aromatic rings. The Kier molecular flexibility index (Phi) is 3.69. The van der Waals surface area contributed by atoms with E-state index in [4.69, 9.17) is 0 Å². The molecule has 0 bridgehead atoms. The average molecular weight is 264 g/mol. The number of hydrogen-bond acceptors (Lipinski definition) is 1. The summed E-state index contributed by atoms with van der Waals surface area (Å²) in [5.41, 5.74) is 0.386. The van der Waals surface area contributed by atoms with Crippen molar-refractivity contribution in [2.24, 2.45) is 0 Å². The molecule has 0 radical (unpaired) electrons. The highest BCUT2D eigenvalue weighted by molar-refractivity contribution is 6.06. The van der Waals surface area contributed by atoms with Gasteiger partial charge in [0, 0.05) is 5.56 Å². The lowest BCUT2D eigenvalue weighted by atomic mass is 10.0. The van der Waals surface area contributed by atoms with Gasteiger partial charge >= 0.3 is 6.18 Å². The molecule has 0 aliphatic carbocycles. The molecule has 0 atom stereocenters. The summed E-state index contributed by atoms with van der Waals surface area (Å²) in [7, 11) is 0. The molecule has 0 aliphatic rings. The molecule has 2 aromatic carbocycles. The highest BCUT2D eigenvalue weighted by Gasteiger charge is 2.24. The number of alkyl halides is 3. The molecule has 4 heteroatoms. The number of carbonyl (C=O) groups is 1. The second-order valence-electron chi connectivity index (χ2n) is 4.15. The fraction of sp³-hybridized carbons (Fsp3) is 0.133. The number of rotatable bonds is 3. The monoisotopic (exact) mass is 264 g/mol. The van der Waals surface area contributed by atoms with Crippen molar-refractivity contribution in [2.75, 3.05) is 0 Å². The van der Waals surface area contributed by atoms with Gasteiger partial charge in [-0.05, 0) is 22.9 Å². The average Bonchev–Trinajstić information content (AvgIpc) is 2.36. The lowest BCUT2D eigenvalue weighted by molar-refractivity contribution is -0.125. The minimum Gasteiger partial charge on any atom is -0.289 e. The Morgan fingerprint density at radius 3 is 2.42 bits per heavy atom. The first-order chi connectivity index (χ1) is 8.96. The molecule has 0 spiro atoms. The molecule has 0 N–H and O–H groups in total. The van der Waals surface area contributed by atoms with E-state index in [1.807, 2.05) is 24.3 Å². The Balaban J connectivity index is 2.17. The third-order valence-electron chi connectivity index (χ3n) is 2.65. The summed E-state index contributed by atoms with van der Waals surface area (Å²) in [6, 6.07) is 12.6. The van der Waals surface area contributed by atoms with Crippen molar-refractivity contribution in [3.05, 3.63) is 60.2 Å². The van der Waals surface area contributed by atoms with Gasteiger partial charge in [-0.15, -0.1) is 0 Å². The van der Waals surface area contributed by atoms with E-state index in [1.165, 1.54) is 0 Å². The van der Waals surface area contributed by atoms with Crippen molar-refractivity contribution < 1.29 is 18.0 Å². The van der Waals surface area contributed by atoms with Crippen molar-refractivity contribution >= 4 is 16.6 Å². The van der Waals surface area contributed by atoms with E-state index in [2.05, 4.69) is 0 Å². The zero-order valence-corrected chi connectivity index (χ0v) is 9.95. The second kappa shape index (κ2) is 5.26. The van der Waals surface area contributed by atoms with Crippen LogP contribution in [0.5, 0.6) is 0 Å². The molecule has 0 saturated heterocycles. The van der Waals surface area contributed by atoms with Gasteiger partial charge in [0.25, 0.3) is 0 Å². The Hall–Kier alpha value is -2.10. The van der Waals surface area contributed by atoms with Gasteiger partial charge in [-0.2, -0.15) is 13.2 Å². The Labute approximate surface area is 108 Å². The quantitative estimate of drug-likeness (QED) is 0.588. The number of allylic oxidation sites excluding steroid dienone is 2. The Morgan fingerprint density at radius 2 is 1.74 bits per heavy atom. The SMILES string of the molecule is O=C(/C=C/CC(F)(F)F)c1ccc2ccccc2c1. The molecule has 2 rings (SSSR count). The van der Waals surface area contributed by atoms with Crippen molar-refractivity contribution in [2.45, 2.75) is 12.6 Å². The van der Waals surface area contributed by atoms with Gasteiger partial charge in [-0.3, -0.25) is 4.79 Å². The molecular weight excluding hydrogens is 253 g/mol. The summed E-state index contributed by atoms with van der Waals surface area (Å²) in [6.45, 7) is 0. The topological polar surface area (TPSA) is 17.1 Å². The molecule has 0 aliphatic heterocycles. The van der Waals surface area contributed by atoms with E-state index in [1.54, 1.807) is 18.2 Å². The zero-order valence-electron chi connectivity index (χ0n) is 9.95. The summed E-state index contributed by atoms with van der Waals surface area (Å²) >= 11 is 0. The predicted octanol–water partition coefficient (Wildman–Crippen LogP) is 4.53. The van der Waals surface area contributed by atoms with Crippen molar-refractivity contribution in [1.82, 2.24) is 0 Å². The van der Waals surface area contributed by atoms with Crippen molar-refractivity contribution in [1.29, 1.82) is 0 Å². The molecule has 0 unspecified atom stereocenters. The summed E-state index contributed by atoms with van der Waals surface area (Å²) in [5, 5.41) is 1.87. The standard InChI is InChI=1S/C15H11F3O/c16-15(17,18)9-3-6-14(19)13-8-7-11-4-1-2-5-12(11)10-13/h1-8,10H,9H2/b6-3+. The molecule has 0 heterocycles. The van der Waals surface area contributed by atoms with Crippen LogP contribution in [0.15, 0.2) is 54.6 Å². The van der Waals surface area contributed by atoms with Crippen LogP contribution in [0.4, 0.5) is 13.2 Å². The van der Waals surface area contributed by atoms with Gasteiger partial charge in [0.1, 0.15) is 0 Å². The van der Waals surface area contributed by atoms with Crippen LogP contribution in [0, 0.1) is 0 Å². The highest BCUT2D eigenvalue weighted by atomic mass is 19.4. The van der Waals surface area contributed by atoms with Crippen LogP contribution in [0.25, 0.3) is 10.8 Å². The lowest BCUT2D eigenvalue weighted by Crippen LogP contribution is -2.04. The maximum absolute atomic E-state index is 12.0. The smallest absolute Gasteiger partial charge is 0.289 e. The molecule has 0 amide bonds. The van der Waals surface area contributed by atoms with Crippen molar-refractivity contribution in [3.8, 4) is 0 Å². The fourth-order valence-electron chi connectivity index (χ4n) is 1.74. The minimum atomic E-state index is -4.28. The second-order valence-corrected chi connectivity index (χ2v) is 4.15. The molecule has 98 valence electrons. The Morgan fingerprint density at radius 1 is 1.05 bits per heavy atom. The molecule has 0 saturated carbocycles. The van der Waals surface area contributed by atoms with Gasteiger partial charge in [-0.25, -0.2) is 0 Å². The third kappa shape index (κ3) is 3.68. The number of benzene rings is 2. The van der Waals surface area contributed by atoms with E-state index in [0.29, 0.717) is 5.56 Å². The van der Waals surface area contributed by atoms with Crippen LogP contribution in [0.2, 0.25) is 0 Å². The summed E-state index contributed by atoms with van der Waals surface area (Å²) in [6.07, 6.45) is -3.55. The van der Waals surface area contributed by atoms with Crippen LogP contribution in [-0.2, 0) is 0 Å². The molecule has 19 heavy (non-hydrogen) atoms. The number of ketones is 1. The van der Waals surface area contributed by atoms with E-state index in [0.717, 1.165) is 22.9 Å². The van der Waals surface area contributed by atoms with Crippen LogP contribution >= 0.6 is 0 Å². The number of fused-ring (bicyclic) bond motifs is 1. The Bertz CT molecular complexity index is 627. The zero-order chi connectivity index (χ0) is 13.9. The highest BCUT2D eigenvalue weighted by Crippen LogP contribution is 2.20. The van der Waals surface area contributed by atoms with Gasteiger partial charge in [0.05, 0.1) is 6.42 Å². The lowest BCUT2D eigenvalue weighted by Gasteiger charge is -2.01. The summed E-state index contributed by atoms with van der Waals surface area (Å²) in [5.74, 6) is -0.421. The largest absolute Gasteiger partial charge is 0.392 e. The first-order valence-corrected chi connectivity index (χ1v) is 5.72. The predicted molar refractivity (Wildman–Crippen MR) is 68.1 cm³/mol. The summed E-state index contributed by atoms with van der Waals surface area (Å²) < 4.78 is 35.9. The molecule has 0 aromatic heterocycles. The van der Waals surface area contributed by atoms with Crippen molar-refractivity contribution in [3.63, 3.8) is 0 Å². The molecule has 0 fully saturated rings. The maximum Gasteiger partial charge on any atom is 0.392 e. The normalized spacial score (nSPS) is 12.2. The third-order valence-corrected chi connectivity index (χ3v) is 2.65. The van der Waals surface area contributed by atoms with Crippen LogP contribution in [0.3, 0.4) is 0 Å². The number of halogens is 3. The van der Waals surface area contributed by atoms with E-state index < -0.39 is 18.4 Å². The number of carbonyl (C=O) groups excluding carboxylic acids is 1. The van der Waals surface area contributed by atoms with E-state index in [9.17, 15) is 18.0 Å². The first kappa shape index (κ1) is 13.3. The van der Waals surface area contributed by atoms with Gasteiger partial charge in [0.2, 0.25) is 0 Å². The van der Waals surface area contributed by atoms with Gasteiger partial charge < -0.3 is 0 Å². The van der Waals surface area contributed by atoms with E-state index in [-0.39, 0.29) is 0 Å². The minimum absolute atomic E-state index is 0.386. The van der Waals surface area contributed by atoms with E-state index >= 15 is 0 Å². The van der Waals surface area contributed by atoms with Crippen LogP contribution in [0.1, 0.15) is 16.8 Å². The van der Waals surface area contributed by atoms with Crippen LogP contribution in [-0.4, -0.2) is 12.0 Å². The first-order valence-electron chi connectivity index (χ1n) is 5.72. The maximum atomic E-state index is 12.0. The molecule has 1 nitrogen and oxygen atoms in total. The van der Waals surface area contributed by atoms with Gasteiger partial charge in [0.15, 0.2) is 5.78 Å². The van der Waals surface area contributed by atoms with Crippen LogP contribution < -0.4 is 0 Å². The molecular formula is C15H11F3O.